The van der Waals surface area contributed by atoms with Crippen LogP contribution in [-0.4, -0.2) is 96.7 Å². The average molecular weight is 1400 g/mol. The molecule has 0 spiro atoms. The Morgan fingerprint density at radius 1 is 0.305 bits per heavy atom. The van der Waals surface area contributed by atoms with Gasteiger partial charge < -0.3 is 33.8 Å². The van der Waals surface area contributed by atoms with Crippen molar-refractivity contribution in [1.29, 1.82) is 0 Å². The highest BCUT2D eigenvalue weighted by Crippen LogP contribution is 2.45. The van der Waals surface area contributed by atoms with E-state index in [0.29, 0.717) is 31.6 Å². The molecule has 0 fully saturated rings. The van der Waals surface area contributed by atoms with Crippen molar-refractivity contribution >= 4 is 39.5 Å². The molecule has 0 aromatic rings. The van der Waals surface area contributed by atoms with Crippen molar-refractivity contribution in [2.24, 2.45) is 17.8 Å². The lowest BCUT2D eigenvalue weighted by Gasteiger charge is -2.21. The predicted octanol–water partition coefficient (Wildman–Crippen LogP) is 22.2. The first kappa shape index (κ1) is 93.1. The van der Waals surface area contributed by atoms with Crippen molar-refractivity contribution < 1.29 is 80.2 Å². The summed E-state index contributed by atoms with van der Waals surface area (Å²) in [6, 6.07) is 0. The van der Waals surface area contributed by atoms with E-state index in [2.05, 4.69) is 48.5 Å². The Morgan fingerprint density at radius 3 is 0.800 bits per heavy atom. The molecule has 0 saturated carbocycles. The summed E-state index contributed by atoms with van der Waals surface area (Å²) in [5.41, 5.74) is 0. The standard InChI is InChI=1S/C76H148O17P2/c1-8-10-11-12-33-43-50-57-73(78)86-63-72(93-76(81)60-53-46-39-38-41-48-55-68(5)6)66-91-95(84,85)89-62-70(77)61-88-94(82,83)90-65-71(64-87-74(79)58-51-44-36-31-27-23-20-19-22-26-30-35-42-49-56-69(7)9-2)92-75(80)59-52-45-37-32-28-24-18-16-14-13-15-17-21-25-29-34-40-47-54-67(3)4/h67-72,77H,8-66H2,1-7H3,(H,82,83)(H,84,85)/t69?,70-,71-,72-/m1/s1. The lowest BCUT2D eigenvalue weighted by molar-refractivity contribution is -0.161. The highest BCUT2D eigenvalue weighted by Gasteiger charge is 2.30. The van der Waals surface area contributed by atoms with Crippen LogP contribution in [0.2, 0.25) is 0 Å². The minimum absolute atomic E-state index is 0.102. The summed E-state index contributed by atoms with van der Waals surface area (Å²) in [4.78, 5) is 72.6. The molecule has 0 bridgehead atoms. The largest absolute Gasteiger partial charge is 0.472 e. The highest BCUT2D eigenvalue weighted by molar-refractivity contribution is 7.47. The zero-order valence-corrected chi connectivity index (χ0v) is 63.9. The number of phosphoric ester groups is 2. The molecule has 0 amide bonds. The van der Waals surface area contributed by atoms with Crippen molar-refractivity contribution in [1.82, 2.24) is 0 Å². The molecule has 0 aromatic heterocycles. The van der Waals surface area contributed by atoms with Gasteiger partial charge in [0.05, 0.1) is 26.4 Å². The number of esters is 4. The number of ether oxygens (including phenoxy) is 4. The fourth-order valence-electron chi connectivity index (χ4n) is 11.6. The maximum atomic E-state index is 13.1. The lowest BCUT2D eigenvalue weighted by atomic mass is 9.99. The van der Waals surface area contributed by atoms with Crippen molar-refractivity contribution in [2.75, 3.05) is 39.6 Å². The third-order valence-electron chi connectivity index (χ3n) is 18.0. The Hall–Kier alpha value is -1.94. The molecule has 3 unspecified atom stereocenters. The topological polar surface area (TPSA) is 237 Å². The molecule has 0 saturated heterocycles. The van der Waals surface area contributed by atoms with Gasteiger partial charge >= 0.3 is 39.5 Å². The molecule has 0 aromatic carbocycles. The van der Waals surface area contributed by atoms with E-state index in [0.717, 1.165) is 115 Å². The van der Waals surface area contributed by atoms with Crippen molar-refractivity contribution in [3.05, 3.63) is 0 Å². The van der Waals surface area contributed by atoms with Crippen molar-refractivity contribution in [3.8, 4) is 0 Å². The molecule has 0 aliphatic carbocycles. The number of carbonyl (C=O) groups excluding carboxylic acids is 4. The molecular formula is C76H148O17P2. The quantitative estimate of drug-likeness (QED) is 0.0222. The first-order chi connectivity index (χ1) is 45.8. The molecule has 0 radical (unpaired) electrons. The van der Waals surface area contributed by atoms with Gasteiger partial charge in [0.15, 0.2) is 12.2 Å². The van der Waals surface area contributed by atoms with Gasteiger partial charge in [0.1, 0.15) is 19.3 Å². The Bertz CT molecular complexity index is 1850. The zero-order valence-electron chi connectivity index (χ0n) is 62.1. The van der Waals surface area contributed by atoms with Crippen LogP contribution in [0.1, 0.15) is 389 Å². The van der Waals surface area contributed by atoms with Crippen LogP contribution in [0.15, 0.2) is 0 Å². The normalized spacial score (nSPS) is 14.4. The Labute approximate surface area is 581 Å². The van der Waals surface area contributed by atoms with Gasteiger partial charge in [0, 0.05) is 25.7 Å². The van der Waals surface area contributed by atoms with Crippen LogP contribution in [0.3, 0.4) is 0 Å². The molecule has 19 heteroatoms. The van der Waals surface area contributed by atoms with Gasteiger partial charge in [-0.3, -0.25) is 37.3 Å². The fourth-order valence-corrected chi connectivity index (χ4v) is 13.1. The number of aliphatic hydroxyl groups is 1. The first-order valence-electron chi connectivity index (χ1n) is 39.4. The monoisotopic (exact) mass is 1400 g/mol. The van der Waals surface area contributed by atoms with Gasteiger partial charge in [-0.05, 0) is 43.4 Å². The lowest BCUT2D eigenvalue weighted by Crippen LogP contribution is -2.30. The third-order valence-corrected chi connectivity index (χ3v) is 19.9. The van der Waals surface area contributed by atoms with Crippen LogP contribution < -0.4 is 0 Å². The van der Waals surface area contributed by atoms with Crippen LogP contribution in [0, 0.1) is 17.8 Å². The van der Waals surface area contributed by atoms with E-state index in [-0.39, 0.29) is 25.7 Å². The number of unbranched alkanes of at least 4 members (excludes halogenated alkanes) is 41. The maximum absolute atomic E-state index is 13.1. The molecule has 564 valence electrons. The molecule has 6 atom stereocenters. The van der Waals surface area contributed by atoms with E-state index < -0.39 is 97.5 Å². The predicted molar refractivity (Wildman–Crippen MR) is 386 cm³/mol. The van der Waals surface area contributed by atoms with Gasteiger partial charge in [-0.25, -0.2) is 9.13 Å². The number of carbonyl (C=O) groups is 4. The van der Waals surface area contributed by atoms with Crippen LogP contribution in [0.25, 0.3) is 0 Å². The Balaban J connectivity index is 5.15. The van der Waals surface area contributed by atoms with E-state index >= 15 is 0 Å². The maximum Gasteiger partial charge on any atom is 0.472 e. The Kier molecular flexibility index (Phi) is 65.2. The number of hydrogen-bond donors (Lipinski definition) is 3. The number of hydrogen-bond acceptors (Lipinski definition) is 15. The van der Waals surface area contributed by atoms with Crippen LogP contribution in [-0.2, 0) is 65.4 Å². The van der Waals surface area contributed by atoms with Gasteiger partial charge in [-0.1, -0.05) is 337 Å². The molecule has 17 nitrogen and oxygen atoms in total. The second-order valence-corrected chi connectivity index (χ2v) is 31.5. The number of phosphoric acid groups is 2. The van der Waals surface area contributed by atoms with E-state index in [1.165, 1.54) is 186 Å². The van der Waals surface area contributed by atoms with Crippen molar-refractivity contribution in [3.63, 3.8) is 0 Å². The minimum atomic E-state index is -4.96. The molecule has 0 heterocycles. The van der Waals surface area contributed by atoms with Gasteiger partial charge in [-0.15, -0.1) is 0 Å². The van der Waals surface area contributed by atoms with E-state index in [1.807, 2.05) is 0 Å². The summed E-state index contributed by atoms with van der Waals surface area (Å²) in [5, 5.41) is 10.6. The summed E-state index contributed by atoms with van der Waals surface area (Å²) in [7, 11) is -9.90. The molecule has 3 N–H and O–H groups in total. The highest BCUT2D eigenvalue weighted by atomic mass is 31.2. The van der Waals surface area contributed by atoms with E-state index in [4.69, 9.17) is 37.0 Å². The summed E-state index contributed by atoms with van der Waals surface area (Å²) in [6.45, 7) is 11.8. The number of rotatable bonds is 74. The molecule has 0 aliphatic rings. The molecule has 0 rings (SSSR count). The van der Waals surface area contributed by atoms with Gasteiger partial charge in [-0.2, -0.15) is 0 Å². The summed E-state index contributed by atoms with van der Waals surface area (Å²) in [6.07, 6.45) is 53.2. The summed E-state index contributed by atoms with van der Waals surface area (Å²) < 4.78 is 68.3. The second kappa shape index (κ2) is 66.6. The smallest absolute Gasteiger partial charge is 0.462 e. The molecule has 0 aliphatic heterocycles. The van der Waals surface area contributed by atoms with Crippen LogP contribution in [0.5, 0.6) is 0 Å². The van der Waals surface area contributed by atoms with Gasteiger partial charge in [0.2, 0.25) is 0 Å². The van der Waals surface area contributed by atoms with Crippen molar-refractivity contribution in [2.45, 2.75) is 407 Å². The summed E-state index contributed by atoms with van der Waals surface area (Å²) >= 11 is 0. The molecular weight excluding hydrogens is 1250 g/mol. The Morgan fingerprint density at radius 2 is 0.537 bits per heavy atom. The fraction of sp³-hybridized carbons (Fsp3) is 0.947. The SMILES string of the molecule is CCCCCCCCCC(=O)OC[C@H](COP(=O)(O)OC[C@H](O)COP(=O)(O)OC[C@@H](COC(=O)CCCCCCCCCCCCCCCCC(C)CC)OC(=O)CCCCCCCCCCCCCCCCCCCCC(C)C)OC(=O)CCCCCCCCC(C)C. The van der Waals surface area contributed by atoms with E-state index in [1.54, 1.807) is 0 Å². The zero-order chi connectivity index (χ0) is 70.1. The second-order valence-electron chi connectivity index (χ2n) is 28.6. The molecule has 95 heavy (non-hydrogen) atoms. The number of aliphatic hydroxyl groups excluding tert-OH is 1. The first-order valence-corrected chi connectivity index (χ1v) is 42.4. The van der Waals surface area contributed by atoms with Crippen LogP contribution in [0.4, 0.5) is 0 Å². The van der Waals surface area contributed by atoms with Crippen LogP contribution >= 0.6 is 15.6 Å². The summed E-state index contributed by atoms with van der Waals surface area (Å²) in [5.74, 6) is 0.212. The average Bonchev–Trinajstić information content (AvgIpc) is 2.70. The minimum Gasteiger partial charge on any atom is -0.462 e. The van der Waals surface area contributed by atoms with E-state index in [9.17, 15) is 43.2 Å². The third kappa shape index (κ3) is 69.0. The van der Waals surface area contributed by atoms with Gasteiger partial charge in [0.25, 0.3) is 0 Å².